The van der Waals surface area contributed by atoms with Crippen LogP contribution < -0.4 is 0 Å². The molecule has 2 nitrogen and oxygen atoms in total. The third-order valence-corrected chi connectivity index (χ3v) is 2.37. The molecule has 62 valence electrons. The summed E-state index contributed by atoms with van der Waals surface area (Å²) in [5, 5.41) is 12.5. The van der Waals surface area contributed by atoms with Crippen molar-refractivity contribution in [2.24, 2.45) is 0 Å². The molecule has 0 atom stereocenters. The highest BCUT2D eigenvalue weighted by Gasteiger charge is 2.03. The minimum absolute atomic E-state index is 0.771. The maximum atomic E-state index is 11.5. The van der Waals surface area contributed by atoms with Crippen LogP contribution in [0.1, 0.15) is 11.3 Å². The predicted molar refractivity (Wildman–Crippen MR) is 50.2 cm³/mol. The maximum absolute atomic E-state index is 11.5. The smallest absolute Gasteiger partial charge is 0.0437 e. The van der Waals surface area contributed by atoms with Gasteiger partial charge in [0.05, 0.1) is 0 Å². The van der Waals surface area contributed by atoms with E-state index in [1.54, 1.807) is 0 Å². The van der Waals surface area contributed by atoms with E-state index < -0.39 is 0 Å². The molecule has 0 aliphatic heterocycles. The highest BCUT2D eigenvalue weighted by molar-refractivity contribution is 5.85. The van der Waals surface area contributed by atoms with Crippen molar-refractivity contribution in [3.63, 3.8) is 0 Å². The van der Waals surface area contributed by atoms with Crippen molar-refractivity contribution in [1.29, 1.82) is 0 Å². The fourth-order valence-corrected chi connectivity index (χ4v) is 1.50. The molecule has 0 aliphatic carbocycles. The lowest BCUT2D eigenvalue weighted by Crippen LogP contribution is -1.87. The van der Waals surface area contributed by atoms with Gasteiger partial charge in [0.15, 0.2) is 0 Å². The molecular formula is C10H10NO-. The van der Waals surface area contributed by atoms with Crippen LogP contribution in [0, 0.1) is 19.1 Å². The summed E-state index contributed by atoms with van der Waals surface area (Å²) >= 11 is 0. The van der Waals surface area contributed by atoms with E-state index in [1.165, 1.54) is 0 Å². The normalized spacial score (nSPS) is 10.8. The second-order valence-corrected chi connectivity index (χ2v) is 3.02. The molecule has 0 saturated heterocycles. The zero-order chi connectivity index (χ0) is 8.72. The van der Waals surface area contributed by atoms with Gasteiger partial charge in [-0.2, -0.15) is 0 Å². The Labute approximate surface area is 71.0 Å². The van der Waals surface area contributed by atoms with Crippen LogP contribution in [0.15, 0.2) is 24.3 Å². The number of aryl methyl sites for hydroxylation is 1. The van der Waals surface area contributed by atoms with E-state index in [-0.39, 0.29) is 0 Å². The first-order valence-corrected chi connectivity index (χ1v) is 3.96. The molecule has 0 amide bonds. The summed E-state index contributed by atoms with van der Waals surface area (Å²) in [6.07, 6.45) is 0. The SMILES string of the molecule is Cc1c(C)n([O-])c2ccccc12. The maximum Gasteiger partial charge on any atom is 0.0437 e. The fourth-order valence-electron chi connectivity index (χ4n) is 1.50. The Morgan fingerprint density at radius 3 is 2.50 bits per heavy atom. The van der Waals surface area contributed by atoms with Gasteiger partial charge in [-0.1, -0.05) is 18.2 Å². The van der Waals surface area contributed by atoms with Crippen molar-refractivity contribution in [3.8, 4) is 0 Å². The molecule has 0 radical (unpaired) electrons. The summed E-state index contributed by atoms with van der Waals surface area (Å²) in [4.78, 5) is 0. The average Bonchev–Trinajstić information content (AvgIpc) is 2.33. The summed E-state index contributed by atoms with van der Waals surface area (Å²) in [5.74, 6) is 0. The summed E-state index contributed by atoms with van der Waals surface area (Å²) in [7, 11) is 0. The van der Waals surface area contributed by atoms with Crippen LogP contribution in [-0.2, 0) is 0 Å². The van der Waals surface area contributed by atoms with Gasteiger partial charge in [0.1, 0.15) is 0 Å². The number of aromatic nitrogens is 1. The molecule has 0 saturated carbocycles. The van der Waals surface area contributed by atoms with Crippen LogP contribution >= 0.6 is 0 Å². The minimum atomic E-state index is 0.771. The Kier molecular flexibility index (Phi) is 1.37. The van der Waals surface area contributed by atoms with E-state index >= 15 is 0 Å². The zero-order valence-corrected chi connectivity index (χ0v) is 7.16. The quantitative estimate of drug-likeness (QED) is 0.582. The van der Waals surface area contributed by atoms with Crippen LogP contribution in [0.2, 0.25) is 0 Å². The lowest BCUT2D eigenvalue weighted by atomic mass is 10.2. The molecule has 0 unspecified atom stereocenters. The predicted octanol–water partition coefficient (Wildman–Crippen LogP) is 2.60. The topological polar surface area (TPSA) is 28.0 Å². The summed E-state index contributed by atoms with van der Waals surface area (Å²) in [6.45, 7) is 3.83. The van der Waals surface area contributed by atoms with Crippen molar-refractivity contribution < 1.29 is 0 Å². The van der Waals surface area contributed by atoms with Crippen molar-refractivity contribution in [2.75, 3.05) is 0 Å². The highest BCUT2D eigenvalue weighted by Crippen LogP contribution is 2.23. The number of nitrogens with zero attached hydrogens (tertiary/aromatic N) is 1. The molecule has 2 heteroatoms. The molecule has 12 heavy (non-hydrogen) atoms. The Morgan fingerprint density at radius 1 is 1.17 bits per heavy atom. The number of benzene rings is 1. The number of fused-ring (bicyclic) bond motifs is 1. The third-order valence-electron chi connectivity index (χ3n) is 2.37. The van der Waals surface area contributed by atoms with Crippen LogP contribution in [0.4, 0.5) is 0 Å². The van der Waals surface area contributed by atoms with Gasteiger partial charge in [-0.25, -0.2) is 0 Å². The van der Waals surface area contributed by atoms with Gasteiger partial charge in [-0.15, -0.1) is 0 Å². The molecule has 0 spiro atoms. The molecule has 2 rings (SSSR count). The Bertz CT molecular complexity index is 390. The first-order valence-electron chi connectivity index (χ1n) is 3.96. The van der Waals surface area contributed by atoms with Crippen molar-refractivity contribution in [3.05, 3.63) is 40.7 Å². The molecule has 1 heterocycles. The van der Waals surface area contributed by atoms with Crippen LogP contribution in [0.25, 0.3) is 10.9 Å². The largest absolute Gasteiger partial charge is 0.805 e. The zero-order valence-electron chi connectivity index (χ0n) is 7.16. The molecule has 0 fully saturated rings. The van der Waals surface area contributed by atoms with Crippen LogP contribution in [0.3, 0.4) is 0 Å². The second-order valence-electron chi connectivity index (χ2n) is 3.02. The van der Waals surface area contributed by atoms with E-state index in [4.69, 9.17) is 0 Å². The summed E-state index contributed by atoms with van der Waals surface area (Å²) < 4.78 is 0.991. The molecule has 1 aromatic heterocycles. The third kappa shape index (κ3) is 0.749. The van der Waals surface area contributed by atoms with E-state index in [0.29, 0.717) is 0 Å². The van der Waals surface area contributed by atoms with Gasteiger partial charge in [0.25, 0.3) is 0 Å². The lowest BCUT2D eigenvalue weighted by Gasteiger charge is -2.10. The minimum Gasteiger partial charge on any atom is -0.805 e. The Morgan fingerprint density at radius 2 is 1.83 bits per heavy atom. The highest BCUT2D eigenvalue weighted by atomic mass is 16.5. The Hall–Kier alpha value is -1.44. The van der Waals surface area contributed by atoms with Crippen molar-refractivity contribution in [2.45, 2.75) is 13.8 Å². The van der Waals surface area contributed by atoms with Crippen LogP contribution in [0.5, 0.6) is 0 Å². The summed E-state index contributed by atoms with van der Waals surface area (Å²) in [6, 6.07) is 7.67. The van der Waals surface area contributed by atoms with E-state index in [2.05, 4.69) is 0 Å². The van der Waals surface area contributed by atoms with Gasteiger partial charge >= 0.3 is 0 Å². The van der Waals surface area contributed by atoms with Gasteiger partial charge < -0.3 is 9.94 Å². The van der Waals surface area contributed by atoms with Gasteiger partial charge in [0.2, 0.25) is 0 Å². The van der Waals surface area contributed by atoms with E-state index in [0.717, 1.165) is 26.9 Å². The number of hydrogen-bond donors (Lipinski definition) is 0. The first kappa shape index (κ1) is 7.22. The second kappa shape index (κ2) is 2.27. The first-order chi connectivity index (χ1) is 5.72. The molecule has 2 aromatic rings. The molecule has 1 aromatic carbocycles. The van der Waals surface area contributed by atoms with Crippen molar-refractivity contribution in [1.82, 2.24) is 4.73 Å². The average molecular weight is 160 g/mol. The van der Waals surface area contributed by atoms with Gasteiger partial charge in [-0.3, -0.25) is 0 Å². The van der Waals surface area contributed by atoms with Crippen molar-refractivity contribution >= 4 is 10.9 Å². The molecule has 0 aliphatic rings. The molecular weight excluding hydrogens is 150 g/mol. The van der Waals surface area contributed by atoms with Gasteiger partial charge in [0, 0.05) is 16.6 Å². The van der Waals surface area contributed by atoms with Gasteiger partial charge in [-0.05, 0) is 25.5 Å². The van der Waals surface area contributed by atoms with Crippen LogP contribution in [-0.4, -0.2) is 4.73 Å². The number of para-hydroxylation sites is 1. The standard InChI is InChI=1S/C10H10NO/c1-7-8(2)11(12)10-6-4-3-5-9(7)10/h3-6H,1-2H3/q-1. The monoisotopic (exact) mass is 160 g/mol. The fraction of sp³-hybridized carbons (Fsp3) is 0.200. The summed E-state index contributed by atoms with van der Waals surface area (Å²) in [5.41, 5.74) is 2.66. The van der Waals surface area contributed by atoms with E-state index in [9.17, 15) is 5.21 Å². The number of rotatable bonds is 0. The molecule has 0 bridgehead atoms. The molecule has 0 N–H and O–H groups in total. The Balaban J connectivity index is 2.99. The number of hydrogen-bond acceptors (Lipinski definition) is 1. The van der Waals surface area contributed by atoms with E-state index in [1.807, 2.05) is 38.1 Å². The lowest BCUT2D eigenvalue weighted by molar-refractivity contribution is 1.06.